The first kappa shape index (κ1) is 25.9. The second kappa shape index (κ2) is 12.2. The van der Waals surface area contributed by atoms with E-state index < -0.39 is 17.9 Å². The summed E-state index contributed by atoms with van der Waals surface area (Å²) in [6.07, 6.45) is 3.44. The summed E-state index contributed by atoms with van der Waals surface area (Å²) in [5, 5.41) is 9.13. The van der Waals surface area contributed by atoms with Crippen molar-refractivity contribution in [3.05, 3.63) is 90.0 Å². The van der Waals surface area contributed by atoms with Crippen LogP contribution in [0.15, 0.2) is 78.9 Å². The molecule has 1 saturated carbocycles. The van der Waals surface area contributed by atoms with Gasteiger partial charge < -0.3 is 20.5 Å². The molecule has 37 heavy (non-hydrogen) atoms. The lowest BCUT2D eigenvalue weighted by Crippen LogP contribution is -2.47. The van der Waals surface area contributed by atoms with Crippen LogP contribution >= 0.6 is 0 Å². The zero-order chi connectivity index (χ0) is 26.2. The average molecular weight is 501 g/mol. The maximum absolute atomic E-state index is 13.5. The topological polar surface area (TPSA) is 110 Å². The predicted octanol–water partition coefficient (Wildman–Crippen LogP) is 4.89. The zero-order valence-electron chi connectivity index (χ0n) is 20.7. The second-order valence-electron chi connectivity index (χ2n) is 9.48. The Bertz CT molecular complexity index is 1200. The summed E-state index contributed by atoms with van der Waals surface area (Å²) < 4.78 is 5.88. The number of hydrogen-bond acceptors (Lipinski definition) is 4. The predicted molar refractivity (Wildman–Crippen MR) is 141 cm³/mol. The van der Waals surface area contributed by atoms with Gasteiger partial charge in [0.2, 0.25) is 5.91 Å². The molecule has 1 aliphatic carbocycles. The Balaban J connectivity index is 1.50. The number of carbonyl (C=O) groups excluding carboxylic acids is 2. The minimum atomic E-state index is -1.05. The van der Waals surface area contributed by atoms with Gasteiger partial charge in [0, 0.05) is 18.5 Å². The number of nitrogens with two attached hydrogens (primary N) is 1. The van der Waals surface area contributed by atoms with Crippen molar-refractivity contribution in [2.75, 3.05) is 6.61 Å². The van der Waals surface area contributed by atoms with Gasteiger partial charge in [-0.15, -0.1) is 0 Å². The molecule has 2 amide bonds. The van der Waals surface area contributed by atoms with Gasteiger partial charge in [-0.05, 0) is 66.1 Å². The number of benzene rings is 3. The summed E-state index contributed by atoms with van der Waals surface area (Å²) in [7, 11) is 0. The Hall–Kier alpha value is -4.13. The maximum atomic E-state index is 13.5. The van der Waals surface area contributed by atoms with Crippen LogP contribution in [-0.2, 0) is 16.1 Å². The van der Waals surface area contributed by atoms with Gasteiger partial charge in [-0.3, -0.25) is 14.4 Å². The highest BCUT2D eigenvalue weighted by Crippen LogP contribution is 2.28. The minimum Gasteiger partial charge on any atom is -0.493 e. The van der Waals surface area contributed by atoms with E-state index in [1.165, 1.54) is 24.2 Å². The van der Waals surface area contributed by atoms with Crippen molar-refractivity contribution in [1.29, 1.82) is 0 Å². The van der Waals surface area contributed by atoms with E-state index in [0.29, 0.717) is 11.5 Å². The Morgan fingerprint density at radius 2 is 1.54 bits per heavy atom. The van der Waals surface area contributed by atoms with Crippen LogP contribution in [0.4, 0.5) is 0 Å². The molecule has 0 unspecified atom stereocenters. The van der Waals surface area contributed by atoms with Crippen molar-refractivity contribution in [1.82, 2.24) is 4.90 Å². The quantitative estimate of drug-likeness (QED) is 0.368. The van der Waals surface area contributed by atoms with E-state index in [2.05, 4.69) is 0 Å². The number of carboxylic acid groups (broad SMARTS) is 1. The SMILES string of the molecule is NC(=O)[C@H](CCC(=O)O)N(Cc1ccccc1)C(=O)c1ccc(-c2ccc(OCC3CCC3)cc2)cc1. The fraction of sp³-hybridized carbons (Fsp3) is 0.300. The molecule has 0 aromatic heterocycles. The van der Waals surface area contributed by atoms with E-state index in [4.69, 9.17) is 15.6 Å². The monoisotopic (exact) mass is 500 g/mol. The van der Waals surface area contributed by atoms with Crippen molar-refractivity contribution >= 4 is 17.8 Å². The molecule has 0 bridgehead atoms. The number of nitrogens with zero attached hydrogens (tertiary/aromatic N) is 1. The molecule has 0 saturated heterocycles. The first-order valence-corrected chi connectivity index (χ1v) is 12.6. The molecule has 1 aliphatic rings. The average Bonchev–Trinajstić information content (AvgIpc) is 2.87. The third-order valence-electron chi connectivity index (χ3n) is 6.82. The summed E-state index contributed by atoms with van der Waals surface area (Å²) in [6.45, 7) is 0.894. The van der Waals surface area contributed by atoms with Crippen LogP contribution in [0.5, 0.6) is 5.75 Å². The number of carbonyl (C=O) groups is 3. The van der Waals surface area contributed by atoms with E-state index in [0.717, 1.165) is 29.0 Å². The van der Waals surface area contributed by atoms with E-state index >= 15 is 0 Å². The third kappa shape index (κ3) is 6.97. The molecule has 0 aliphatic heterocycles. The van der Waals surface area contributed by atoms with Crippen LogP contribution in [-0.4, -0.2) is 40.4 Å². The van der Waals surface area contributed by atoms with Crippen LogP contribution in [0.25, 0.3) is 11.1 Å². The Kier molecular flexibility index (Phi) is 8.56. The van der Waals surface area contributed by atoms with Crippen LogP contribution in [0.3, 0.4) is 0 Å². The van der Waals surface area contributed by atoms with Crippen LogP contribution in [0.2, 0.25) is 0 Å². The standard InChI is InChI=1S/C30H32N2O5/c31-29(35)27(17-18-28(33)34)32(19-21-5-2-1-3-6-21)30(36)25-11-9-23(10-12-25)24-13-15-26(16-14-24)37-20-22-7-4-8-22/h1-3,5-6,9-16,22,27H,4,7-8,17-20H2,(H2,31,35)(H,33,34)/t27-/m0/s1. The molecule has 4 rings (SSSR count). The maximum Gasteiger partial charge on any atom is 0.303 e. The number of carboxylic acids is 1. The van der Waals surface area contributed by atoms with Gasteiger partial charge in [0.25, 0.3) is 5.91 Å². The van der Waals surface area contributed by atoms with Crippen molar-refractivity contribution in [3.8, 4) is 16.9 Å². The van der Waals surface area contributed by atoms with E-state index in [9.17, 15) is 14.4 Å². The van der Waals surface area contributed by atoms with Gasteiger partial charge in [-0.1, -0.05) is 61.0 Å². The van der Waals surface area contributed by atoms with Gasteiger partial charge in [-0.2, -0.15) is 0 Å². The van der Waals surface area contributed by atoms with Crippen LogP contribution < -0.4 is 10.5 Å². The molecule has 0 radical (unpaired) electrons. The first-order chi connectivity index (χ1) is 17.9. The summed E-state index contributed by atoms with van der Waals surface area (Å²) in [5.74, 6) is -0.657. The lowest BCUT2D eigenvalue weighted by Gasteiger charge is -2.30. The highest BCUT2D eigenvalue weighted by atomic mass is 16.5. The number of aliphatic carboxylic acids is 1. The van der Waals surface area contributed by atoms with Crippen molar-refractivity contribution in [2.45, 2.75) is 44.7 Å². The first-order valence-electron chi connectivity index (χ1n) is 12.6. The second-order valence-corrected chi connectivity index (χ2v) is 9.48. The molecule has 1 fully saturated rings. The van der Waals surface area contributed by atoms with Gasteiger partial charge >= 0.3 is 5.97 Å². The number of primary amides is 1. The zero-order valence-corrected chi connectivity index (χ0v) is 20.7. The van der Waals surface area contributed by atoms with Gasteiger partial charge in [0.05, 0.1) is 6.61 Å². The van der Waals surface area contributed by atoms with Gasteiger partial charge in [0.15, 0.2) is 0 Å². The third-order valence-corrected chi connectivity index (χ3v) is 6.82. The summed E-state index contributed by atoms with van der Waals surface area (Å²) >= 11 is 0. The molecule has 7 heteroatoms. The Labute approximate surface area is 216 Å². The smallest absolute Gasteiger partial charge is 0.303 e. The molecule has 7 nitrogen and oxygen atoms in total. The molecule has 3 N–H and O–H groups in total. The van der Waals surface area contributed by atoms with Crippen LogP contribution in [0.1, 0.15) is 48.0 Å². The Morgan fingerprint density at radius 3 is 2.08 bits per heavy atom. The molecule has 1 atom stereocenters. The van der Waals surface area contributed by atoms with Crippen LogP contribution in [0, 0.1) is 5.92 Å². The van der Waals surface area contributed by atoms with E-state index in [1.807, 2.05) is 66.7 Å². The molecule has 3 aromatic rings. The van der Waals surface area contributed by atoms with Crippen molar-refractivity contribution in [3.63, 3.8) is 0 Å². The summed E-state index contributed by atoms with van der Waals surface area (Å²) in [5.41, 5.74) is 8.75. The van der Waals surface area contributed by atoms with Gasteiger partial charge in [0.1, 0.15) is 11.8 Å². The van der Waals surface area contributed by atoms with Gasteiger partial charge in [-0.25, -0.2) is 0 Å². The highest BCUT2D eigenvalue weighted by molar-refractivity contribution is 5.97. The largest absolute Gasteiger partial charge is 0.493 e. The molecular formula is C30H32N2O5. The summed E-state index contributed by atoms with van der Waals surface area (Å²) in [4.78, 5) is 38.3. The number of ether oxygens (including phenoxy) is 1. The fourth-order valence-electron chi connectivity index (χ4n) is 4.40. The Morgan fingerprint density at radius 1 is 0.919 bits per heavy atom. The van der Waals surface area contributed by atoms with E-state index in [-0.39, 0.29) is 25.3 Å². The summed E-state index contributed by atoms with van der Waals surface area (Å²) in [6, 6.07) is 23.2. The lowest BCUT2D eigenvalue weighted by molar-refractivity contribution is -0.137. The number of rotatable bonds is 12. The lowest BCUT2D eigenvalue weighted by atomic mass is 9.86. The molecule has 0 heterocycles. The number of hydrogen-bond donors (Lipinski definition) is 2. The van der Waals surface area contributed by atoms with Crippen molar-refractivity contribution in [2.24, 2.45) is 11.7 Å². The highest BCUT2D eigenvalue weighted by Gasteiger charge is 2.29. The van der Waals surface area contributed by atoms with E-state index in [1.54, 1.807) is 12.1 Å². The minimum absolute atomic E-state index is 0.0590. The molecule has 3 aromatic carbocycles. The number of amides is 2. The fourth-order valence-corrected chi connectivity index (χ4v) is 4.40. The molecule has 192 valence electrons. The van der Waals surface area contributed by atoms with Crippen molar-refractivity contribution < 1.29 is 24.2 Å². The molecular weight excluding hydrogens is 468 g/mol. The normalized spacial score (nSPS) is 13.8. The molecule has 0 spiro atoms.